The predicted molar refractivity (Wildman–Crippen MR) is 98.2 cm³/mol. The number of ether oxygens (including phenoxy) is 1. The Kier molecular flexibility index (Phi) is 4.43. The number of nitrogens with two attached hydrogens (primary N) is 1. The van der Waals surface area contributed by atoms with Gasteiger partial charge in [0, 0.05) is 18.0 Å². The minimum Gasteiger partial charge on any atom is -0.383 e. The summed E-state index contributed by atoms with van der Waals surface area (Å²) in [6, 6.07) is 5.26. The summed E-state index contributed by atoms with van der Waals surface area (Å²) in [5.74, 6) is 0.545. The fraction of sp³-hybridized carbons (Fsp3) is 0.333. The van der Waals surface area contributed by atoms with Crippen LogP contribution in [-0.2, 0) is 17.7 Å². The van der Waals surface area contributed by atoms with Crippen LogP contribution in [0.5, 0.6) is 0 Å². The molecule has 0 bridgehead atoms. The van der Waals surface area contributed by atoms with E-state index >= 15 is 0 Å². The summed E-state index contributed by atoms with van der Waals surface area (Å²) in [6.45, 7) is 0.472. The Labute approximate surface area is 157 Å². The molecule has 0 amide bonds. The van der Waals surface area contributed by atoms with E-state index in [4.69, 9.17) is 37.8 Å². The van der Waals surface area contributed by atoms with E-state index < -0.39 is 13.1 Å². The number of halogens is 2. The molecule has 3 aromatic rings. The smallest absolute Gasteiger partial charge is 0.243 e. The molecule has 0 radical (unpaired) electrons. The molecule has 0 saturated heterocycles. The van der Waals surface area contributed by atoms with Gasteiger partial charge in [-0.15, -0.1) is 16.4 Å². The van der Waals surface area contributed by atoms with Gasteiger partial charge < -0.3 is 15.8 Å². The molecule has 24 heavy (non-hydrogen) atoms. The molecule has 3 heterocycles. The molecule has 128 valence electrons. The molecular formula is C15H17Cl2N5OS. The van der Waals surface area contributed by atoms with E-state index in [1.165, 1.54) is 4.52 Å². The lowest BCUT2D eigenvalue weighted by Crippen LogP contribution is -2.27. The van der Waals surface area contributed by atoms with E-state index in [1.54, 1.807) is 11.3 Å². The Morgan fingerprint density at radius 1 is 1.54 bits per heavy atom. The maximum atomic E-state index is 7.08. The topological polar surface area (TPSA) is 77.5 Å². The van der Waals surface area contributed by atoms with Crippen molar-refractivity contribution in [1.29, 1.82) is 0 Å². The summed E-state index contributed by atoms with van der Waals surface area (Å²) in [6.07, 6.45) is 0.320. The van der Waals surface area contributed by atoms with Crippen LogP contribution in [0, 0.1) is 0 Å². The normalized spacial score (nSPS) is 15.0. The molecule has 0 fully saturated rings. The van der Waals surface area contributed by atoms with E-state index in [2.05, 4.69) is 15.4 Å². The number of nitrogens with one attached hydrogen (secondary N) is 1. The SMILES string of the molecule is [2H]C([2H])([2H])OC[C@H](N)Cc1cc2c(NCc3cccs3)nc(Cl)nn2c1Cl. The van der Waals surface area contributed by atoms with Crippen molar-refractivity contribution < 1.29 is 8.85 Å². The second-order valence-corrected chi connectivity index (χ2v) is 6.92. The quantitative estimate of drug-likeness (QED) is 0.649. The zero-order valence-electron chi connectivity index (χ0n) is 15.5. The fourth-order valence-corrected chi connectivity index (χ4v) is 3.42. The second-order valence-electron chi connectivity index (χ2n) is 5.19. The number of nitrogens with zero attached hydrogens (tertiary/aromatic N) is 3. The van der Waals surface area contributed by atoms with Gasteiger partial charge in [-0.2, -0.15) is 4.98 Å². The van der Waals surface area contributed by atoms with E-state index in [0.29, 0.717) is 35.0 Å². The van der Waals surface area contributed by atoms with Crippen LogP contribution in [0.4, 0.5) is 5.82 Å². The summed E-state index contributed by atoms with van der Waals surface area (Å²) < 4.78 is 27.5. The molecule has 0 aliphatic carbocycles. The van der Waals surface area contributed by atoms with Crippen molar-refractivity contribution in [2.75, 3.05) is 19.0 Å². The van der Waals surface area contributed by atoms with Gasteiger partial charge in [-0.1, -0.05) is 17.7 Å². The molecule has 6 nitrogen and oxygen atoms in total. The van der Waals surface area contributed by atoms with Gasteiger partial charge >= 0.3 is 0 Å². The van der Waals surface area contributed by atoms with Crippen molar-refractivity contribution in [3.05, 3.63) is 44.5 Å². The minimum absolute atomic E-state index is 0.0512. The van der Waals surface area contributed by atoms with Crippen molar-refractivity contribution in [2.24, 2.45) is 5.73 Å². The Morgan fingerprint density at radius 3 is 3.17 bits per heavy atom. The third kappa shape index (κ3) is 3.81. The summed E-state index contributed by atoms with van der Waals surface area (Å²) in [5.41, 5.74) is 7.33. The van der Waals surface area contributed by atoms with Gasteiger partial charge in [0.25, 0.3) is 0 Å². The van der Waals surface area contributed by atoms with E-state index in [-0.39, 0.29) is 11.9 Å². The molecular weight excluding hydrogens is 369 g/mol. The van der Waals surface area contributed by atoms with Crippen molar-refractivity contribution in [2.45, 2.75) is 19.0 Å². The molecule has 3 aromatic heterocycles. The van der Waals surface area contributed by atoms with Gasteiger partial charge in [-0.25, -0.2) is 4.52 Å². The fourth-order valence-electron chi connectivity index (χ4n) is 2.35. The van der Waals surface area contributed by atoms with Gasteiger partial charge in [-0.05, 0) is 41.1 Å². The van der Waals surface area contributed by atoms with Crippen molar-refractivity contribution >= 4 is 45.9 Å². The number of methoxy groups -OCH3 is 1. The van der Waals surface area contributed by atoms with Crippen molar-refractivity contribution in [1.82, 2.24) is 14.6 Å². The van der Waals surface area contributed by atoms with E-state index in [9.17, 15) is 0 Å². The molecule has 3 rings (SSSR count). The summed E-state index contributed by atoms with van der Waals surface area (Å²) in [5, 5.41) is 9.76. The number of fused-ring (bicyclic) bond motifs is 1. The van der Waals surface area contributed by atoms with E-state index in [1.807, 2.05) is 23.6 Å². The maximum absolute atomic E-state index is 7.08. The van der Waals surface area contributed by atoms with Crippen LogP contribution in [-0.4, -0.2) is 34.3 Å². The van der Waals surface area contributed by atoms with Crippen molar-refractivity contribution in [3.63, 3.8) is 0 Å². The van der Waals surface area contributed by atoms with E-state index in [0.717, 1.165) is 4.88 Å². The van der Waals surface area contributed by atoms with Crippen LogP contribution < -0.4 is 11.1 Å². The maximum Gasteiger partial charge on any atom is 0.243 e. The number of rotatable bonds is 7. The van der Waals surface area contributed by atoms with Crippen LogP contribution in [0.25, 0.3) is 5.52 Å². The second kappa shape index (κ2) is 7.67. The lowest BCUT2D eigenvalue weighted by Gasteiger charge is -2.08. The first-order valence-corrected chi connectivity index (χ1v) is 8.76. The zero-order chi connectivity index (χ0) is 19.6. The van der Waals surface area contributed by atoms with Crippen LogP contribution >= 0.6 is 34.5 Å². The predicted octanol–water partition coefficient (Wildman–Crippen LogP) is 3.23. The Bertz CT molecular complexity index is 916. The largest absolute Gasteiger partial charge is 0.383 e. The van der Waals surface area contributed by atoms with Gasteiger partial charge in [0.2, 0.25) is 5.28 Å². The van der Waals surface area contributed by atoms with Gasteiger partial charge in [0.05, 0.1) is 17.3 Å². The van der Waals surface area contributed by atoms with Crippen LogP contribution in [0.3, 0.4) is 0 Å². The molecule has 3 N–H and O–H groups in total. The average molecular weight is 389 g/mol. The number of aromatic nitrogens is 3. The molecule has 0 unspecified atom stereocenters. The number of thiophene rings is 1. The molecule has 0 aliphatic heterocycles. The lowest BCUT2D eigenvalue weighted by molar-refractivity contribution is 0.180. The summed E-state index contributed by atoms with van der Waals surface area (Å²) in [7, 11) is -2.48. The molecule has 0 saturated carbocycles. The molecule has 0 spiro atoms. The van der Waals surface area contributed by atoms with Gasteiger partial charge in [-0.3, -0.25) is 0 Å². The first-order chi connectivity index (χ1) is 12.7. The monoisotopic (exact) mass is 388 g/mol. The molecule has 9 heteroatoms. The van der Waals surface area contributed by atoms with Gasteiger partial charge in [0.1, 0.15) is 10.7 Å². The number of anilines is 1. The minimum atomic E-state index is -2.48. The third-order valence-electron chi connectivity index (χ3n) is 3.41. The molecule has 0 aliphatic rings. The highest BCUT2D eigenvalue weighted by atomic mass is 35.5. The first-order valence-electron chi connectivity index (χ1n) is 8.62. The van der Waals surface area contributed by atoms with Crippen LogP contribution in [0.1, 0.15) is 14.6 Å². The van der Waals surface area contributed by atoms with Crippen molar-refractivity contribution in [3.8, 4) is 0 Å². The Morgan fingerprint density at radius 2 is 2.42 bits per heavy atom. The zero-order valence-corrected chi connectivity index (χ0v) is 14.8. The highest BCUT2D eigenvalue weighted by Gasteiger charge is 2.17. The Hall–Kier alpha value is -1.38. The summed E-state index contributed by atoms with van der Waals surface area (Å²) >= 11 is 14.1. The standard InChI is InChI=1S/C15H17Cl2N5OS/c1-23-8-10(18)5-9-6-12-14(19-7-11-3-2-4-24-11)20-15(17)21-22(12)13(9)16/h2-4,6,10H,5,7-8,18H2,1H3,(H,19,20,21)/t10-/m1/s1/i1D3. The first kappa shape index (κ1) is 13.9. The highest BCUT2D eigenvalue weighted by Crippen LogP contribution is 2.27. The average Bonchev–Trinajstić information content (AvgIpc) is 3.20. The van der Waals surface area contributed by atoms with Crippen LogP contribution in [0.15, 0.2) is 23.6 Å². The van der Waals surface area contributed by atoms with Crippen LogP contribution in [0.2, 0.25) is 10.4 Å². The molecule has 0 aromatic carbocycles. The Balaban J connectivity index is 1.81. The lowest BCUT2D eigenvalue weighted by atomic mass is 10.1. The summed E-state index contributed by atoms with van der Waals surface area (Å²) in [4.78, 5) is 5.38. The number of hydrogen-bond acceptors (Lipinski definition) is 6. The highest BCUT2D eigenvalue weighted by molar-refractivity contribution is 7.09. The molecule has 1 atom stereocenters. The third-order valence-corrected chi connectivity index (χ3v) is 4.85. The number of hydrogen-bond donors (Lipinski definition) is 2. The van der Waals surface area contributed by atoms with Gasteiger partial charge in [0.15, 0.2) is 5.82 Å².